The lowest BCUT2D eigenvalue weighted by molar-refractivity contribution is -0.140. The van der Waals surface area contributed by atoms with Crippen molar-refractivity contribution in [1.29, 1.82) is 0 Å². The molecule has 4 aromatic rings. The Morgan fingerprint density at radius 3 is 2.55 bits per heavy atom. The second-order valence-corrected chi connectivity index (χ2v) is 12.3. The van der Waals surface area contributed by atoms with Gasteiger partial charge < -0.3 is 10.2 Å². The molecule has 4 rings (SSSR count). The summed E-state index contributed by atoms with van der Waals surface area (Å²) in [5, 5.41) is 22.1. The van der Waals surface area contributed by atoms with Crippen LogP contribution < -0.4 is 0 Å². The van der Waals surface area contributed by atoms with E-state index in [1.165, 1.54) is 0 Å². The topological polar surface area (TPSA) is 70.4 Å². The van der Waals surface area contributed by atoms with Crippen molar-refractivity contribution in [2.75, 3.05) is 5.75 Å². The standard InChI is InChI=1S/C34H36ClNO3S/c1-4-24(33(37)38)22-40-32(19-15-25-9-5-6-11-30(25)34(2,3)39)27-10-7-8-23(20-27)12-17-29-18-14-26-13-16-28(35)21-31(26)36-29/h5-14,16-18,20-21,24,32,39H,4,15,19,22H2,1-3H3,(H,37,38)/b17-12+/t24-,32+/m1/s1. The van der Waals surface area contributed by atoms with Crippen LogP contribution in [0.3, 0.4) is 0 Å². The molecule has 0 aliphatic carbocycles. The van der Waals surface area contributed by atoms with Gasteiger partial charge >= 0.3 is 5.97 Å². The van der Waals surface area contributed by atoms with Gasteiger partial charge in [-0.3, -0.25) is 4.79 Å². The molecule has 0 aliphatic rings. The fourth-order valence-electron chi connectivity index (χ4n) is 4.81. The highest BCUT2D eigenvalue weighted by Crippen LogP contribution is 2.37. The summed E-state index contributed by atoms with van der Waals surface area (Å²) < 4.78 is 0. The number of carbonyl (C=O) groups is 1. The van der Waals surface area contributed by atoms with Gasteiger partial charge in [0.25, 0.3) is 0 Å². The van der Waals surface area contributed by atoms with E-state index in [9.17, 15) is 15.0 Å². The molecule has 0 aliphatic heterocycles. The highest BCUT2D eigenvalue weighted by Gasteiger charge is 2.22. The molecule has 2 N–H and O–H groups in total. The third kappa shape index (κ3) is 7.97. The summed E-state index contributed by atoms with van der Waals surface area (Å²) in [6.45, 7) is 5.55. The Morgan fingerprint density at radius 1 is 1.02 bits per heavy atom. The number of carboxylic acids is 1. The first-order valence-electron chi connectivity index (χ1n) is 13.6. The smallest absolute Gasteiger partial charge is 0.307 e. The van der Waals surface area contributed by atoms with Gasteiger partial charge in [0.15, 0.2) is 0 Å². The average Bonchev–Trinajstić information content (AvgIpc) is 2.93. The van der Waals surface area contributed by atoms with Gasteiger partial charge in [-0.05, 0) is 79.6 Å². The van der Waals surface area contributed by atoms with Gasteiger partial charge in [0.05, 0.1) is 22.7 Å². The van der Waals surface area contributed by atoms with Crippen LogP contribution in [-0.4, -0.2) is 26.9 Å². The fraction of sp³-hybridized carbons (Fsp3) is 0.294. The second-order valence-electron chi connectivity index (χ2n) is 10.6. The molecule has 0 bridgehead atoms. The lowest BCUT2D eigenvalue weighted by Gasteiger charge is -2.24. The number of pyridine rings is 1. The van der Waals surface area contributed by atoms with E-state index >= 15 is 0 Å². The molecule has 0 saturated heterocycles. The normalized spacial score (nSPS) is 13.5. The molecule has 1 heterocycles. The van der Waals surface area contributed by atoms with Gasteiger partial charge in [0, 0.05) is 21.4 Å². The first-order chi connectivity index (χ1) is 19.1. The van der Waals surface area contributed by atoms with E-state index < -0.39 is 11.6 Å². The maximum atomic E-state index is 11.7. The number of hydrogen-bond donors (Lipinski definition) is 2. The second kappa shape index (κ2) is 13.5. The molecule has 0 amide bonds. The molecule has 0 saturated carbocycles. The summed E-state index contributed by atoms with van der Waals surface area (Å²) in [6, 6.07) is 26.2. The van der Waals surface area contributed by atoms with E-state index in [0.717, 1.165) is 51.7 Å². The number of rotatable bonds is 12. The molecule has 208 valence electrons. The third-order valence-electron chi connectivity index (χ3n) is 7.10. The van der Waals surface area contributed by atoms with Crippen molar-refractivity contribution in [3.8, 4) is 0 Å². The predicted octanol–water partition coefficient (Wildman–Crippen LogP) is 8.80. The van der Waals surface area contributed by atoms with Crippen molar-refractivity contribution in [3.63, 3.8) is 0 Å². The van der Waals surface area contributed by atoms with Crippen LogP contribution in [0.25, 0.3) is 23.1 Å². The monoisotopic (exact) mass is 573 g/mol. The SMILES string of the molecule is CC[C@H](CS[C@@H](CCc1ccccc1C(C)(C)O)c1cccc(/C=C/c2ccc3ccc(Cl)cc3n2)c1)C(=O)O. The summed E-state index contributed by atoms with van der Waals surface area (Å²) in [4.78, 5) is 16.4. The van der Waals surface area contributed by atoms with Gasteiger partial charge in [-0.15, -0.1) is 0 Å². The van der Waals surface area contributed by atoms with Crippen molar-refractivity contribution < 1.29 is 15.0 Å². The number of benzene rings is 3. The lowest BCUT2D eigenvalue weighted by atomic mass is 9.90. The molecule has 3 aromatic carbocycles. The van der Waals surface area contributed by atoms with Crippen LogP contribution in [0.1, 0.15) is 66.8 Å². The number of hydrogen-bond acceptors (Lipinski definition) is 4. The van der Waals surface area contributed by atoms with Crippen LogP contribution >= 0.6 is 23.4 Å². The Morgan fingerprint density at radius 2 is 1.80 bits per heavy atom. The molecule has 1 aromatic heterocycles. The van der Waals surface area contributed by atoms with Gasteiger partial charge in [-0.25, -0.2) is 4.98 Å². The predicted molar refractivity (Wildman–Crippen MR) is 169 cm³/mol. The number of carboxylic acid groups (broad SMARTS) is 1. The Labute approximate surface area is 246 Å². The molecule has 0 radical (unpaired) electrons. The number of aromatic nitrogens is 1. The van der Waals surface area contributed by atoms with E-state index in [4.69, 9.17) is 16.6 Å². The summed E-state index contributed by atoms with van der Waals surface area (Å²) in [5.74, 6) is -0.582. The third-order valence-corrected chi connectivity index (χ3v) is 8.84. The zero-order chi connectivity index (χ0) is 28.7. The molecule has 0 fully saturated rings. The van der Waals surface area contributed by atoms with Crippen LogP contribution in [0.4, 0.5) is 0 Å². The van der Waals surface area contributed by atoms with Gasteiger partial charge in [0.1, 0.15) is 0 Å². The summed E-state index contributed by atoms with van der Waals surface area (Å²) in [7, 11) is 0. The first-order valence-corrected chi connectivity index (χ1v) is 15.1. The number of aliphatic carboxylic acids is 1. The minimum Gasteiger partial charge on any atom is -0.481 e. The van der Waals surface area contributed by atoms with Crippen molar-refractivity contribution in [2.24, 2.45) is 5.92 Å². The maximum Gasteiger partial charge on any atom is 0.307 e. The van der Waals surface area contributed by atoms with Crippen LogP contribution in [0, 0.1) is 5.92 Å². The Hall–Kier alpha value is -3.12. The molecule has 2 atom stereocenters. The number of halogens is 1. The van der Waals surface area contributed by atoms with Crippen molar-refractivity contribution in [3.05, 3.63) is 112 Å². The van der Waals surface area contributed by atoms with E-state index in [1.807, 2.05) is 75.4 Å². The molecule has 6 heteroatoms. The van der Waals surface area contributed by atoms with E-state index in [-0.39, 0.29) is 11.2 Å². The summed E-state index contributed by atoms with van der Waals surface area (Å²) >= 11 is 7.86. The van der Waals surface area contributed by atoms with Gasteiger partial charge in [0.2, 0.25) is 0 Å². The Bertz CT molecular complexity index is 1490. The maximum absolute atomic E-state index is 11.7. The first kappa shape index (κ1) is 29.9. The zero-order valence-corrected chi connectivity index (χ0v) is 24.8. The van der Waals surface area contributed by atoms with E-state index in [0.29, 0.717) is 17.2 Å². The number of fused-ring (bicyclic) bond motifs is 1. The number of aryl methyl sites for hydroxylation is 1. The quantitative estimate of drug-likeness (QED) is 0.177. The molecular formula is C34H36ClNO3S. The molecule has 0 spiro atoms. The minimum atomic E-state index is -0.928. The number of thioether (sulfide) groups is 1. The highest BCUT2D eigenvalue weighted by atomic mass is 35.5. The van der Waals surface area contributed by atoms with E-state index in [1.54, 1.807) is 11.8 Å². The Kier molecular flexibility index (Phi) is 10.1. The van der Waals surface area contributed by atoms with Gasteiger partial charge in [-0.1, -0.05) is 85.3 Å². The molecule has 4 nitrogen and oxygen atoms in total. The molecule has 40 heavy (non-hydrogen) atoms. The van der Waals surface area contributed by atoms with Crippen LogP contribution in [0.15, 0.2) is 78.9 Å². The summed E-state index contributed by atoms with van der Waals surface area (Å²) in [6.07, 6.45) is 6.26. The largest absolute Gasteiger partial charge is 0.481 e. The van der Waals surface area contributed by atoms with Gasteiger partial charge in [-0.2, -0.15) is 11.8 Å². The zero-order valence-electron chi connectivity index (χ0n) is 23.2. The van der Waals surface area contributed by atoms with Crippen molar-refractivity contribution in [2.45, 2.75) is 50.9 Å². The fourth-order valence-corrected chi connectivity index (χ4v) is 6.44. The molecule has 0 unspecified atom stereocenters. The van der Waals surface area contributed by atoms with Crippen LogP contribution in [-0.2, 0) is 16.8 Å². The van der Waals surface area contributed by atoms with Crippen molar-refractivity contribution >= 4 is 52.4 Å². The highest BCUT2D eigenvalue weighted by molar-refractivity contribution is 7.99. The van der Waals surface area contributed by atoms with Crippen LogP contribution in [0.2, 0.25) is 5.02 Å². The number of nitrogens with zero attached hydrogens (tertiary/aromatic N) is 1. The summed E-state index contributed by atoms with van der Waals surface area (Å²) in [5.41, 5.74) is 5.03. The van der Waals surface area contributed by atoms with Crippen molar-refractivity contribution in [1.82, 2.24) is 4.98 Å². The average molecular weight is 574 g/mol. The lowest BCUT2D eigenvalue weighted by Crippen LogP contribution is -2.18. The number of aliphatic hydroxyl groups is 1. The van der Waals surface area contributed by atoms with Crippen LogP contribution in [0.5, 0.6) is 0 Å². The Balaban J connectivity index is 1.57. The molecular weight excluding hydrogens is 538 g/mol. The van der Waals surface area contributed by atoms with E-state index in [2.05, 4.69) is 36.4 Å². The minimum absolute atomic E-state index is 0.109.